The van der Waals surface area contributed by atoms with Crippen LogP contribution in [-0.2, 0) is 0 Å². The Labute approximate surface area is 86.9 Å². The molecule has 0 aromatic heterocycles. The molecule has 0 aromatic rings. The van der Waals surface area contributed by atoms with Crippen molar-refractivity contribution >= 4 is 0 Å². The molecule has 1 atom stereocenters. The standard InChI is InChI=1S/C13H20O/c1-2-7-13(14)11-6-10-12(13)8-4-3-5-9-12/h1,14H,3-11H2. The van der Waals surface area contributed by atoms with Crippen LogP contribution in [0.4, 0.5) is 0 Å². The summed E-state index contributed by atoms with van der Waals surface area (Å²) in [6.07, 6.45) is 15.5. The Kier molecular flexibility index (Phi) is 2.58. The molecule has 1 heteroatoms. The van der Waals surface area contributed by atoms with Gasteiger partial charge in [0.15, 0.2) is 0 Å². The molecular weight excluding hydrogens is 172 g/mol. The minimum atomic E-state index is -0.526. The molecule has 0 bridgehead atoms. The molecule has 78 valence electrons. The molecule has 14 heavy (non-hydrogen) atoms. The molecule has 1 N–H and O–H groups in total. The molecule has 0 aliphatic heterocycles. The zero-order valence-electron chi connectivity index (χ0n) is 8.89. The second-order valence-electron chi connectivity index (χ2n) is 5.11. The summed E-state index contributed by atoms with van der Waals surface area (Å²) in [4.78, 5) is 0. The molecule has 2 rings (SSSR count). The minimum Gasteiger partial charge on any atom is -0.388 e. The first-order valence-corrected chi connectivity index (χ1v) is 5.88. The van der Waals surface area contributed by atoms with Gasteiger partial charge in [-0.05, 0) is 32.1 Å². The number of aliphatic hydroxyl groups is 1. The minimum absolute atomic E-state index is 0.192. The maximum Gasteiger partial charge on any atom is 0.0812 e. The molecule has 2 aliphatic rings. The van der Waals surface area contributed by atoms with E-state index in [4.69, 9.17) is 6.42 Å². The summed E-state index contributed by atoms with van der Waals surface area (Å²) in [5, 5.41) is 10.6. The van der Waals surface area contributed by atoms with Crippen molar-refractivity contribution in [3.05, 3.63) is 0 Å². The summed E-state index contributed by atoms with van der Waals surface area (Å²) >= 11 is 0. The predicted octanol–water partition coefficient (Wildman–Crippen LogP) is 2.88. The van der Waals surface area contributed by atoms with E-state index < -0.39 is 5.60 Å². The fourth-order valence-electron chi connectivity index (χ4n) is 3.61. The number of rotatable bonds is 1. The zero-order chi connectivity index (χ0) is 10.1. The Bertz CT molecular complexity index is 244. The zero-order valence-corrected chi connectivity index (χ0v) is 8.89. The smallest absolute Gasteiger partial charge is 0.0812 e. The van der Waals surface area contributed by atoms with E-state index in [1.165, 1.54) is 38.5 Å². The number of terminal acetylenes is 1. The van der Waals surface area contributed by atoms with Gasteiger partial charge in [-0.2, -0.15) is 0 Å². The van der Waals surface area contributed by atoms with Crippen LogP contribution < -0.4 is 0 Å². The van der Waals surface area contributed by atoms with E-state index in [1.54, 1.807) is 0 Å². The van der Waals surface area contributed by atoms with Gasteiger partial charge >= 0.3 is 0 Å². The van der Waals surface area contributed by atoms with Gasteiger partial charge in [0.05, 0.1) is 5.60 Å². The average molecular weight is 192 g/mol. The SMILES string of the molecule is C#CCC1(O)CCCC12CCCCC2. The molecule has 2 fully saturated rings. The van der Waals surface area contributed by atoms with Gasteiger partial charge < -0.3 is 5.11 Å². The van der Waals surface area contributed by atoms with E-state index in [-0.39, 0.29) is 5.41 Å². The molecule has 0 aromatic carbocycles. The maximum absolute atomic E-state index is 10.6. The van der Waals surface area contributed by atoms with E-state index in [0.29, 0.717) is 6.42 Å². The lowest BCUT2D eigenvalue weighted by molar-refractivity contribution is -0.0764. The van der Waals surface area contributed by atoms with Crippen molar-refractivity contribution in [2.24, 2.45) is 5.41 Å². The normalized spacial score (nSPS) is 35.7. The predicted molar refractivity (Wildman–Crippen MR) is 57.8 cm³/mol. The van der Waals surface area contributed by atoms with E-state index in [9.17, 15) is 5.11 Å². The van der Waals surface area contributed by atoms with Crippen LogP contribution in [0.2, 0.25) is 0 Å². The van der Waals surface area contributed by atoms with Crippen molar-refractivity contribution in [3.8, 4) is 12.3 Å². The van der Waals surface area contributed by atoms with Gasteiger partial charge in [0.25, 0.3) is 0 Å². The van der Waals surface area contributed by atoms with Crippen LogP contribution in [0.3, 0.4) is 0 Å². The van der Waals surface area contributed by atoms with Gasteiger partial charge in [0.1, 0.15) is 0 Å². The van der Waals surface area contributed by atoms with Crippen LogP contribution in [0.25, 0.3) is 0 Å². The molecule has 0 amide bonds. The van der Waals surface area contributed by atoms with Crippen LogP contribution >= 0.6 is 0 Å². The van der Waals surface area contributed by atoms with Crippen LogP contribution in [0.1, 0.15) is 57.8 Å². The third-order valence-corrected chi connectivity index (χ3v) is 4.44. The molecule has 0 saturated heterocycles. The average Bonchev–Trinajstić information content (AvgIpc) is 2.46. The first-order valence-electron chi connectivity index (χ1n) is 5.88. The highest BCUT2D eigenvalue weighted by molar-refractivity contribution is 5.09. The first-order chi connectivity index (χ1) is 6.72. The lowest BCUT2D eigenvalue weighted by atomic mass is 9.64. The van der Waals surface area contributed by atoms with E-state index in [0.717, 1.165) is 12.8 Å². The summed E-state index contributed by atoms with van der Waals surface area (Å²) in [6, 6.07) is 0. The molecule has 2 aliphatic carbocycles. The maximum atomic E-state index is 10.6. The summed E-state index contributed by atoms with van der Waals surface area (Å²) in [6.45, 7) is 0. The van der Waals surface area contributed by atoms with Gasteiger partial charge in [-0.3, -0.25) is 0 Å². The lowest BCUT2D eigenvalue weighted by Gasteiger charge is -2.44. The van der Waals surface area contributed by atoms with E-state index in [1.807, 2.05) is 0 Å². The van der Waals surface area contributed by atoms with E-state index >= 15 is 0 Å². The summed E-state index contributed by atoms with van der Waals surface area (Å²) in [5.41, 5.74) is -0.334. The monoisotopic (exact) mass is 192 g/mol. The molecule has 1 unspecified atom stereocenters. The summed E-state index contributed by atoms with van der Waals surface area (Å²) < 4.78 is 0. The van der Waals surface area contributed by atoms with Crippen molar-refractivity contribution in [2.75, 3.05) is 0 Å². The highest BCUT2D eigenvalue weighted by Gasteiger charge is 2.52. The van der Waals surface area contributed by atoms with E-state index in [2.05, 4.69) is 5.92 Å². The van der Waals surface area contributed by atoms with Crippen LogP contribution in [0.15, 0.2) is 0 Å². The molecule has 1 nitrogen and oxygen atoms in total. The van der Waals surface area contributed by atoms with Crippen molar-refractivity contribution in [1.82, 2.24) is 0 Å². The second kappa shape index (κ2) is 3.59. The van der Waals surface area contributed by atoms with Gasteiger partial charge in [-0.15, -0.1) is 12.3 Å². The van der Waals surface area contributed by atoms with Crippen molar-refractivity contribution in [1.29, 1.82) is 0 Å². The third kappa shape index (κ3) is 1.37. The van der Waals surface area contributed by atoms with Crippen molar-refractivity contribution in [3.63, 3.8) is 0 Å². The Morgan fingerprint density at radius 1 is 1.00 bits per heavy atom. The highest BCUT2D eigenvalue weighted by Crippen LogP contribution is 2.56. The summed E-state index contributed by atoms with van der Waals surface area (Å²) in [5.74, 6) is 2.67. The third-order valence-electron chi connectivity index (χ3n) is 4.44. The van der Waals surface area contributed by atoms with Gasteiger partial charge in [0, 0.05) is 11.8 Å². The first kappa shape index (κ1) is 10.1. The molecule has 2 saturated carbocycles. The Morgan fingerprint density at radius 2 is 1.64 bits per heavy atom. The van der Waals surface area contributed by atoms with Crippen LogP contribution in [0.5, 0.6) is 0 Å². The molecule has 0 radical (unpaired) electrons. The highest BCUT2D eigenvalue weighted by atomic mass is 16.3. The Balaban J connectivity index is 2.19. The van der Waals surface area contributed by atoms with Crippen molar-refractivity contribution < 1.29 is 5.11 Å². The van der Waals surface area contributed by atoms with Crippen molar-refractivity contribution in [2.45, 2.75) is 63.4 Å². The largest absolute Gasteiger partial charge is 0.388 e. The number of hydrogen-bond acceptors (Lipinski definition) is 1. The van der Waals surface area contributed by atoms with Gasteiger partial charge in [-0.25, -0.2) is 0 Å². The Hall–Kier alpha value is -0.480. The molecule has 0 heterocycles. The number of hydrogen-bond donors (Lipinski definition) is 1. The summed E-state index contributed by atoms with van der Waals surface area (Å²) in [7, 11) is 0. The second-order valence-corrected chi connectivity index (χ2v) is 5.11. The quantitative estimate of drug-likeness (QED) is 0.633. The van der Waals surface area contributed by atoms with Crippen LogP contribution in [0, 0.1) is 17.8 Å². The van der Waals surface area contributed by atoms with Gasteiger partial charge in [0.2, 0.25) is 0 Å². The van der Waals surface area contributed by atoms with Crippen LogP contribution in [-0.4, -0.2) is 10.7 Å². The molecule has 1 spiro atoms. The lowest BCUT2D eigenvalue weighted by Crippen LogP contribution is -2.44. The van der Waals surface area contributed by atoms with Gasteiger partial charge in [-0.1, -0.05) is 19.3 Å². The fourth-order valence-corrected chi connectivity index (χ4v) is 3.61. The Morgan fingerprint density at radius 3 is 2.29 bits per heavy atom. The fraction of sp³-hybridized carbons (Fsp3) is 0.846. The molecular formula is C13H20O. The topological polar surface area (TPSA) is 20.2 Å².